The van der Waals surface area contributed by atoms with Crippen LogP contribution in [0.2, 0.25) is 0 Å². The average Bonchev–Trinajstić information content (AvgIpc) is 2.73. The van der Waals surface area contributed by atoms with Crippen LogP contribution in [-0.2, 0) is 9.59 Å². The van der Waals surface area contributed by atoms with E-state index in [1.54, 1.807) is 41.3 Å². The molecular weight excluding hydrogens is 352 g/mol. The zero-order chi connectivity index (χ0) is 19.9. The first kappa shape index (κ1) is 19.5. The van der Waals surface area contributed by atoms with Crippen molar-refractivity contribution in [2.24, 2.45) is 5.92 Å². The van der Waals surface area contributed by atoms with E-state index in [2.05, 4.69) is 5.32 Å². The summed E-state index contributed by atoms with van der Waals surface area (Å²) in [7, 11) is 0. The predicted octanol–water partition coefficient (Wildman–Crippen LogP) is 3.78. The molecule has 5 heteroatoms. The molecule has 0 unspecified atom stereocenters. The Morgan fingerprint density at radius 3 is 2.29 bits per heavy atom. The Morgan fingerprint density at radius 2 is 1.61 bits per heavy atom. The van der Waals surface area contributed by atoms with E-state index in [1.165, 1.54) is 6.92 Å². The summed E-state index contributed by atoms with van der Waals surface area (Å²) in [5.74, 6) is -0.381. The van der Waals surface area contributed by atoms with Crippen LogP contribution in [0.15, 0.2) is 60.7 Å². The number of nitrogens with zero attached hydrogens (tertiary/aromatic N) is 1. The van der Waals surface area contributed by atoms with Crippen molar-refractivity contribution in [3.63, 3.8) is 0 Å². The van der Waals surface area contributed by atoms with Crippen LogP contribution in [-0.4, -0.2) is 35.6 Å². The zero-order valence-electron chi connectivity index (χ0n) is 15.9. The monoisotopic (exact) mass is 376 g/mol. The molecule has 1 saturated heterocycles. The fourth-order valence-corrected chi connectivity index (χ4v) is 3.33. The molecular formula is C23H24N2O3. The van der Waals surface area contributed by atoms with Gasteiger partial charge in [0.05, 0.1) is 5.69 Å². The predicted molar refractivity (Wildman–Crippen MR) is 110 cm³/mol. The number of hydrogen-bond donors (Lipinski definition) is 1. The van der Waals surface area contributed by atoms with Gasteiger partial charge in [-0.25, -0.2) is 0 Å². The van der Waals surface area contributed by atoms with Crippen molar-refractivity contribution >= 4 is 29.4 Å². The van der Waals surface area contributed by atoms with E-state index in [9.17, 15) is 14.4 Å². The van der Waals surface area contributed by atoms with Gasteiger partial charge in [0.1, 0.15) is 0 Å². The van der Waals surface area contributed by atoms with Gasteiger partial charge in [-0.15, -0.1) is 0 Å². The number of benzene rings is 2. The first-order chi connectivity index (χ1) is 13.5. The highest BCUT2D eigenvalue weighted by atomic mass is 16.2. The second-order valence-electron chi connectivity index (χ2n) is 6.93. The number of para-hydroxylation sites is 1. The van der Waals surface area contributed by atoms with Crippen molar-refractivity contribution in [1.82, 2.24) is 4.90 Å². The largest absolute Gasteiger partial charge is 0.339 e. The van der Waals surface area contributed by atoms with E-state index >= 15 is 0 Å². The SMILES string of the molecule is CC(=O)c1ccccc1NC(=O)C1CCN(C(=O)C=Cc2ccccc2)CC1. The minimum absolute atomic E-state index is 0.0374. The summed E-state index contributed by atoms with van der Waals surface area (Å²) in [4.78, 5) is 38.4. The molecule has 3 rings (SSSR count). The van der Waals surface area contributed by atoms with Crippen LogP contribution in [0.1, 0.15) is 35.7 Å². The molecule has 1 aliphatic heterocycles. The van der Waals surface area contributed by atoms with Gasteiger partial charge in [0, 0.05) is 30.6 Å². The van der Waals surface area contributed by atoms with Gasteiger partial charge in [0.2, 0.25) is 11.8 Å². The molecule has 2 amide bonds. The number of ketones is 1. The van der Waals surface area contributed by atoms with Crippen LogP contribution in [0.4, 0.5) is 5.69 Å². The smallest absolute Gasteiger partial charge is 0.246 e. The number of rotatable bonds is 5. The molecule has 5 nitrogen and oxygen atoms in total. The quantitative estimate of drug-likeness (QED) is 0.638. The first-order valence-electron chi connectivity index (χ1n) is 9.47. The van der Waals surface area contributed by atoms with E-state index in [0.717, 1.165) is 5.56 Å². The van der Waals surface area contributed by atoms with Crippen molar-refractivity contribution in [2.45, 2.75) is 19.8 Å². The molecule has 28 heavy (non-hydrogen) atoms. The number of Topliss-reactive ketones (excluding diaryl/α,β-unsaturated/α-hetero) is 1. The lowest BCUT2D eigenvalue weighted by molar-refractivity contribution is -0.130. The summed E-state index contributed by atoms with van der Waals surface area (Å²) in [6.07, 6.45) is 4.61. The molecule has 0 aromatic heterocycles. The van der Waals surface area contributed by atoms with Crippen LogP contribution >= 0.6 is 0 Å². The summed E-state index contributed by atoms with van der Waals surface area (Å²) in [6.45, 7) is 2.58. The molecule has 0 aliphatic carbocycles. The average molecular weight is 376 g/mol. The zero-order valence-corrected chi connectivity index (χ0v) is 15.9. The molecule has 1 fully saturated rings. The summed E-state index contributed by atoms with van der Waals surface area (Å²) in [5, 5.41) is 2.88. The van der Waals surface area contributed by atoms with E-state index in [0.29, 0.717) is 37.2 Å². The summed E-state index contributed by atoms with van der Waals surface area (Å²) < 4.78 is 0. The fourth-order valence-electron chi connectivity index (χ4n) is 3.33. The van der Waals surface area contributed by atoms with Crippen LogP contribution in [0.25, 0.3) is 6.08 Å². The van der Waals surface area contributed by atoms with Crippen LogP contribution in [0.3, 0.4) is 0 Å². The maximum Gasteiger partial charge on any atom is 0.246 e. The number of amides is 2. The number of nitrogens with one attached hydrogen (secondary N) is 1. The van der Waals surface area contributed by atoms with Gasteiger partial charge in [-0.3, -0.25) is 14.4 Å². The molecule has 144 valence electrons. The molecule has 0 radical (unpaired) electrons. The van der Waals surface area contributed by atoms with Gasteiger partial charge in [0.15, 0.2) is 5.78 Å². The van der Waals surface area contributed by atoms with Crippen LogP contribution < -0.4 is 5.32 Å². The molecule has 2 aromatic carbocycles. The standard InChI is InChI=1S/C23H24N2O3/c1-17(26)20-9-5-6-10-21(20)24-23(28)19-13-15-25(16-14-19)22(27)12-11-18-7-3-2-4-8-18/h2-12,19H,13-16H2,1H3,(H,24,28). The van der Waals surface area contributed by atoms with Crippen molar-refractivity contribution in [1.29, 1.82) is 0 Å². The van der Waals surface area contributed by atoms with Crippen LogP contribution in [0, 0.1) is 5.92 Å². The number of carbonyl (C=O) groups excluding carboxylic acids is 3. The van der Waals surface area contributed by atoms with E-state index in [1.807, 2.05) is 30.3 Å². The highest BCUT2D eigenvalue weighted by Crippen LogP contribution is 2.22. The number of piperidine rings is 1. The summed E-state index contributed by atoms with van der Waals surface area (Å²) in [6, 6.07) is 16.7. The highest BCUT2D eigenvalue weighted by molar-refractivity contribution is 6.04. The minimum atomic E-state index is -0.165. The molecule has 0 bridgehead atoms. The Bertz CT molecular complexity index is 882. The van der Waals surface area contributed by atoms with E-state index in [4.69, 9.17) is 0 Å². The Kier molecular flexibility index (Phi) is 6.37. The number of carbonyl (C=O) groups is 3. The van der Waals surface area contributed by atoms with Gasteiger partial charge >= 0.3 is 0 Å². The molecule has 0 atom stereocenters. The summed E-state index contributed by atoms with van der Waals surface area (Å²) in [5.41, 5.74) is 2.04. The van der Waals surface area contributed by atoms with Crippen molar-refractivity contribution < 1.29 is 14.4 Å². The second kappa shape index (κ2) is 9.13. The fraction of sp³-hybridized carbons (Fsp3) is 0.261. The highest BCUT2D eigenvalue weighted by Gasteiger charge is 2.27. The lowest BCUT2D eigenvalue weighted by atomic mass is 9.95. The lowest BCUT2D eigenvalue weighted by Crippen LogP contribution is -2.40. The van der Waals surface area contributed by atoms with Gasteiger partial charge in [-0.2, -0.15) is 0 Å². The third-order valence-corrected chi connectivity index (χ3v) is 4.96. The maximum absolute atomic E-state index is 12.6. The van der Waals surface area contributed by atoms with Gasteiger partial charge in [0.25, 0.3) is 0 Å². The van der Waals surface area contributed by atoms with E-state index < -0.39 is 0 Å². The molecule has 1 heterocycles. The minimum Gasteiger partial charge on any atom is -0.339 e. The normalized spacial score (nSPS) is 14.8. The Labute approximate surface area is 165 Å². The van der Waals surface area contributed by atoms with E-state index in [-0.39, 0.29) is 23.5 Å². The Hall–Kier alpha value is -3.21. The van der Waals surface area contributed by atoms with Crippen molar-refractivity contribution in [3.8, 4) is 0 Å². The molecule has 0 spiro atoms. The van der Waals surface area contributed by atoms with Crippen LogP contribution in [0.5, 0.6) is 0 Å². The van der Waals surface area contributed by atoms with Crippen molar-refractivity contribution in [3.05, 3.63) is 71.8 Å². The third-order valence-electron chi connectivity index (χ3n) is 4.96. The van der Waals surface area contributed by atoms with Gasteiger partial charge in [-0.1, -0.05) is 42.5 Å². The van der Waals surface area contributed by atoms with Gasteiger partial charge in [-0.05, 0) is 43.5 Å². The topological polar surface area (TPSA) is 66.5 Å². The van der Waals surface area contributed by atoms with Crippen molar-refractivity contribution in [2.75, 3.05) is 18.4 Å². The lowest BCUT2D eigenvalue weighted by Gasteiger charge is -2.30. The summed E-state index contributed by atoms with van der Waals surface area (Å²) >= 11 is 0. The number of hydrogen-bond acceptors (Lipinski definition) is 3. The molecule has 2 aromatic rings. The molecule has 1 aliphatic rings. The first-order valence-corrected chi connectivity index (χ1v) is 9.47. The van der Waals surface area contributed by atoms with Gasteiger partial charge < -0.3 is 10.2 Å². The maximum atomic E-state index is 12.6. The second-order valence-corrected chi connectivity index (χ2v) is 6.93. The third kappa shape index (κ3) is 4.94. The molecule has 1 N–H and O–H groups in total. The number of likely N-dealkylation sites (tertiary alicyclic amines) is 1. The number of anilines is 1. The Morgan fingerprint density at radius 1 is 0.964 bits per heavy atom. The molecule has 0 saturated carbocycles. The Balaban J connectivity index is 1.54.